The Labute approximate surface area is 172 Å². The molecule has 8 nitrogen and oxygen atoms in total. The SMILES string of the molecule is COc1ccc(OC)c(S(=O)(=O)N2CCN(C(=O)C3CCNCC3)CC2)c1.Cl. The molecule has 1 N–H and O–H groups in total. The van der Waals surface area contributed by atoms with Gasteiger partial charge in [-0.1, -0.05) is 0 Å². The number of ether oxygens (including phenoxy) is 2. The smallest absolute Gasteiger partial charge is 0.247 e. The van der Waals surface area contributed by atoms with E-state index in [4.69, 9.17) is 9.47 Å². The second-order valence-electron chi connectivity index (χ2n) is 6.77. The summed E-state index contributed by atoms with van der Waals surface area (Å²) < 4.78 is 38.0. The summed E-state index contributed by atoms with van der Waals surface area (Å²) in [6.45, 7) is 3.10. The van der Waals surface area contributed by atoms with Crippen molar-refractivity contribution in [3.8, 4) is 11.5 Å². The van der Waals surface area contributed by atoms with Crippen LogP contribution in [0.3, 0.4) is 0 Å². The van der Waals surface area contributed by atoms with Crippen LogP contribution in [0.2, 0.25) is 0 Å². The van der Waals surface area contributed by atoms with E-state index in [-0.39, 0.29) is 48.0 Å². The lowest BCUT2D eigenvalue weighted by molar-refractivity contribution is -0.137. The van der Waals surface area contributed by atoms with E-state index < -0.39 is 10.0 Å². The van der Waals surface area contributed by atoms with Crippen molar-refractivity contribution in [2.24, 2.45) is 5.92 Å². The number of benzene rings is 1. The van der Waals surface area contributed by atoms with Gasteiger partial charge >= 0.3 is 0 Å². The predicted molar refractivity (Wildman–Crippen MR) is 108 cm³/mol. The molecule has 1 aromatic rings. The van der Waals surface area contributed by atoms with Crippen molar-refractivity contribution in [2.75, 3.05) is 53.5 Å². The van der Waals surface area contributed by atoms with Crippen molar-refractivity contribution in [3.05, 3.63) is 18.2 Å². The van der Waals surface area contributed by atoms with E-state index >= 15 is 0 Å². The molecule has 2 heterocycles. The van der Waals surface area contributed by atoms with Gasteiger partial charge < -0.3 is 19.7 Å². The first kappa shape index (κ1) is 22.7. The third-order valence-electron chi connectivity index (χ3n) is 5.23. The minimum atomic E-state index is -3.73. The summed E-state index contributed by atoms with van der Waals surface area (Å²) in [5.41, 5.74) is 0. The first-order chi connectivity index (χ1) is 13.0. The first-order valence-corrected chi connectivity index (χ1v) is 10.6. The van der Waals surface area contributed by atoms with Gasteiger partial charge in [-0.2, -0.15) is 4.31 Å². The molecule has 0 bridgehead atoms. The highest BCUT2D eigenvalue weighted by molar-refractivity contribution is 7.89. The van der Waals surface area contributed by atoms with Crippen molar-refractivity contribution in [1.29, 1.82) is 0 Å². The van der Waals surface area contributed by atoms with Crippen molar-refractivity contribution in [1.82, 2.24) is 14.5 Å². The molecule has 1 amide bonds. The summed E-state index contributed by atoms with van der Waals surface area (Å²) in [5.74, 6) is 0.929. The van der Waals surface area contributed by atoms with Gasteiger partial charge in [0.2, 0.25) is 15.9 Å². The molecule has 158 valence electrons. The van der Waals surface area contributed by atoms with Gasteiger partial charge in [0.15, 0.2) is 0 Å². The molecule has 10 heteroatoms. The molecule has 2 saturated heterocycles. The molecular weight excluding hydrogens is 406 g/mol. The maximum absolute atomic E-state index is 13.1. The van der Waals surface area contributed by atoms with Gasteiger partial charge in [-0.3, -0.25) is 4.79 Å². The lowest BCUT2D eigenvalue weighted by Crippen LogP contribution is -2.52. The van der Waals surface area contributed by atoms with E-state index in [0.717, 1.165) is 25.9 Å². The van der Waals surface area contributed by atoms with Crippen LogP contribution < -0.4 is 14.8 Å². The summed E-state index contributed by atoms with van der Waals surface area (Å²) in [4.78, 5) is 14.5. The summed E-state index contributed by atoms with van der Waals surface area (Å²) >= 11 is 0. The van der Waals surface area contributed by atoms with E-state index in [1.807, 2.05) is 0 Å². The second-order valence-corrected chi connectivity index (χ2v) is 8.68. The van der Waals surface area contributed by atoms with Crippen LogP contribution in [0.25, 0.3) is 0 Å². The van der Waals surface area contributed by atoms with Crippen molar-refractivity contribution >= 4 is 28.3 Å². The van der Waals surface area contributed by atoms with Gasteiger partial charge in [0.1, 0.15) is 16.4 Å². The fourth-order valence-corrected chi connectivity index (χ4v) is 5.19. The normalized spacial score (nSPS) is 19.0. The summed E-state index contributed by atoms with van der Waals surface area (Å²) in [6, 6.07) is 4.72. The Morgan fingerprint density at radius 3 is 2.29 bits per heavy atom. The van der Waals surface area contributed by atoms with Gasteiger partial charge in [0, 0.05) is 38.2 Å². The first-order valence-electron chi connectivity index (χ1n) is 9.19. The van der Waals surface area contributed by atoms with E-state index in [9.17, 15) is 13.2 Å². The maximum atomic E-state index is 13.1. The zero-order valence-corrected chi connectivity index (χ0v) is 17.9. The number of nitrogens with one attached hydrogen (secondary N) is 1. The average molecular weight is 434 g/mol. The fraction of sp³-hybridized carbons (Fsp3) is 0.611. The van der Waals surface area contributed by atoms with Crippen LogP contribution in [0.4, 0.5) is 0 Å². The third-order valence-corrected chi connectivity index (χ3v) is 7.15. The number of nitrogens with zero attached hydrogens (tertiary/aromatic N) is 2. The van der Waals surface area contributed by atoms with Gasteiger partial charge in [0.05, 0.1) is 14.2 Å². The Morgan fingerprint density at radius 1 is 1.07 bits per heavy atom. The lowest BCUT2D eigenvalue weighted by atomic mass is 9.96. The number of amides is 1. The Balaban J connectivity index is 0.00000280. The number of carbonyl (C=O) groups excluding carboxylic acids is 1. The minimum absolute atomic E-state index is 0. The molecule has 0 saturated carbocycles. The van der Waals surface area contributed by atoms with Crippen LogP contribution in [-0.2, 0) is 14.8 Å². The highest BCUT2D eigenvalue weighted by atomic mass is 35.5. The van der Waals surface area contributed by atoms with Crippen molar-refractivity contribution in [3.63, 3.8) is 0 Å². The molecule has 0 atom stereocenters. The Bertz CT molecular complexity index is 775. The Hall–Kier alpha value is -1.55. The number of sulfonamides is 1. The van der Waals surface area contributed by atoms with Crippen LogP contribution in [-0.4, -0.2) is 77.0 Å². The highest BCUT2D eigenvalue weighted by Crippen LogP contribution is 2.31. The number of halogens is 1. The number of methoxy groups -OCH3 is 2. The fourth-order valence-electron chi connectivity index (χ4n) is 3.60. The second kappa shape index (κ2) is 9.78. The predicted octanol–water partition coefficient (Wildman–Crippen LogP) is 0.958. The van der Waals surface area contributed by atoms with Crippen molar-refractivity contribution in [2.45, 2.75) is 17.7 Å². The quantitative estimate of drug-likeness (QED) is 0.744. The molecular formula is C18H28ClN3O5S. The van der Waals surface area contributed by atoms with E-state index in [2.05, 4.69) is 5.32 Å². The van der Waals surface area contributed by atoms with Crippen molar-refractivity contribution < 1.29 is 22.7 Å². The molecule has 0 unspecified atom stereocenters. The molecule has 2 aliphatic heterocycles. The number of carbonyl (C=O) groups is 1. The number of hydrogen-bond donors (Lipinski definition) is 1. The average Bonchev–Trinajstić information content (AvgIpc) is 2.73. The lowest BCUT2D eigenvalue weighted by Gasteiger charge is -2.36. The molecule has 28 heavy (non-hydrogen) atoms. The molecule has 0 aromatic heterocycles. The van der Waals surface area contributed by atoms with E-state index in [1.54, 1.807) is 17.0 Å². The van der Waals surface area contributed by atoms with Crippen LogP contribution in [0.15, 0.2) is 23.1 Å². The molecule has 3 rings (SSSR count). The number of hydrogen-bond acceptors (Lipinski definition) is 6. The minimum Gasteiger partial charge on any atom is -0.497 e. The van der Waals surface area contributed by atoms with Gasteiger partial charge in [-0.05, 0) is 38.1 Å². The Morgan fingerprint density at radius 2 is 1.71 bits per heavy atom. The van der Waals surface area contributed by atoms with Gasteiger partial charge in [0.25, 0.3) is 0 Å². The van der Waals surface area contributed by atoms with Crippen LogP contribution >= 0.6 is 12.4 Å². The summed E-state index contributed by atoms with van der Waals surface area (Å²) in [5, 5.41) is 3.26. The van der Waals surface area contributed by atoms with Crippen LogP contribution in [0, 0.1) is 5.92 Å². The molecule has 0 aliphatic carbocycles. The van der Waals surface area contributed by atoms with E-state index in [1.165, 1.54) is 24.6 Å². The largest absolute Gasteiger partial charge is 0.497 e. The maximum Gasteiger partial charge on any atom is 0.247 e. The Kier molecular flexibility index (Phi) is 7.94. The number of piperidine rings is 1. The monoisotopic (exact) mass is 433 g/mol. The van der Waals surface area contributed by atoms with Crippen LogP contribution in [0.5, 0.6) is 11.5 Å². The molecule has 2 aliphatic rings. The molecule has 0 radical (unpaired) electrons. The van der Waals surface area contributed by atoms with Gasteiger partial charge in [-0.25, -0.2) is 8.42 Å². The third kappa shape index (κ3) is 4.71. The molecule has 0 spiro atoms. The van der Waals surface area contributed by atoms with E-state index in [0.29, 0.717) is 18.8 Å². The van der Waals surface area contributed by atoms with Gasteiger partial charge in [-0.15, -0.1) is 12.4 Å². The standard InChI is InChI=1S/C18H27N3O5S.ClH/c1-25-15-3-4-16(26-2)17(13-15)27(23,24)21-11-9-20(10-12-21)18(22)14-5-7-19-8-6-14;/h3-4,13-14,19H,5-12H2,1-2H3;1H. The topological polar surface area (TPSA) is 88.2 Å². The number of rotatable bonds is 5. The zero-order chi connectivity index (χ0) is 19.4. The summed E-state index contributed by atoms with van der Waals surface area (Å²) in [7, 11) is -0.801. The summed E-state index contributed by atoms with van der Waals surface area (Å²) in [6.07, 6.45) is 1.69. The zero-order valence-electron chi connectivity index (χ0n) is 16.2. The molecule has 2 fully saturated rings. The molecule has 1 aromatic carbocycles. The number of piperazine rings is 1. The van der Waals surface area contributed by atoms with Crippen LogP contribution in [0.1, 0.15) is 12.8 Å². The highest BCUT2D eigenvalue weighted by Gasteiger charge is 2.34.